The van der Waals surface area contributed by atoms with Crippen LogP contribution in [-0.4, -0.2) is 27.6 Å². The summed E-state index contributed by atoms with van der Waals surface area (Å²) in [7, 11) is 1.27. The van der Waals surface area contributed by atoms with Gasteiger partial charge in [-0.15, -0.1) is 0 Å². The number of aliphatic hydroxyl groups is 1. The third kappa shape index (κ3) is 6.02. The standard InChI is InChI=1S/C25H38O5Si/c1-24(2,3)31(8,9)30-17-19-13-10-12-18(22(19)25(4,5)26)16-29-23-20(27-6)14-11-15-21(23)28-7/h10-15,26H,16-17H2,1-9H3. The fourth-order valence-corrected chi connectivity index (χ4v) is 4.21. The molecule has 0 fully saturated rings. The van der Waals surface area contributed by atoms with Gasteiger partial charge in [0.05, 0.1) is 26.4 Å². The van der Waals surface area contributed by atoms with Crippen molar-refractivity contribution >= 4 is 8.32 Å². The third-order valence-corrected chi connectivity index (χ3v) is 10.5. The Bertz CT molecular complexity index is 856. The van der Waals surface area contributed by atoms with Crippen LogP contribution in [0.3, 0.4) is 0 Å². The van der Waals surface area contributed by atoms with Crippen molar-refractivity contribution in [2.75, 3.05) is 14.2 Å². The van der Waals surface area contributed by atoms with E-state index in [4.69, 9.17) is 18.6 Å². The van der Waals surface area contributed by atoms with Gasteiger partial charge >= 0.3 is 0 Å². The number of hydrogen-bond donors (Lipinski definition) is 1. The highest BCUT2D eigenvalue weighted by molar-refractivity contribution is 6.74. The molecule has 0 amide bonds. The second-order valence-corrected chi connectivity index (χ2v) is 14.6. The maximum Gasteiger partial charge on any atom is 0.203 e. The van der Waals surface area contributed by atoms with Crippen molar-refractivity contribution in [2.45, 2.75) is 71.6 Å². The van der Waals surface area contributed by atoms with E-state index in [1.165, 1.54) is 0 Å². The maximum atomic E-state index is 11.0. The first-order valence-corrected chi connectivity index (χ1v) is 13.5. The molecule has 0 radical (unpaired) electrons. The number of para-hydroxylation sites is 1. The van der Waals surface area contributed by atoms with Gasteiger partial charge in [-0.1, -0.05) is 45.0 Å². The molecule has 0 aliphatic heterocycles. The highest BCUT2D eigenvalue weighted by Crippen LogP contribution is 2.39. The van der Waals surface area contributed by atoms with E-state index in [0.717, 1.165) is 16.7 Å². The summed E-state index contributed by atoms with van der Waals surface area (Å²) in [6.07, 6.45) is 0. The second-order valence-electron chi connectivity index (χ2n) is 9.84. The Hall–Kier alpha value is -2.02. The second kappa shape index (κ2) is 9.63. The summed E-state index contributed by atoms with van der Waals surface area (Å²) >= 11 is 0. The first-order chi connectivity index (χ1) is 14.3. The molecule has 0 aliphatic carbocycles. The molecular weight excluding hydrogens is 408 g/mol. The van der Waals surface area contributed by atoms with Gasteiger partial charge in [-0.2, -0.15) is 0 Å². The Kier molecular flexibility index (Phi) is 7.84. The third-order valence-electron chi connectivity index (χ3n) is 6.00. The van der Waals surface area contributed by atoms with Gasteiger partial charge in [-0.3, -0.25) is 0 Å². The van der Waals surface area contributed by atoms with Crippen molar-refractivity contribution < 1.29 is 23.7 Å². The van der Waals surface area contributed by atoms with Crippen LogP contribution in [0.15, 0.2) is 36.4 Å². The van der Waals surface area contributed by atoms with Crippen LogP contribution in [-0.2, 0) is 23.2 Å². The maximum absolute atomic E-state index is 11.0. The van der Waals surface area contributed by atoms with E-state index < -0.39 is 13.9 Å². The van der Waals surface area contributed by atoms with Crippen molar-refractivity contribution in [3.05, 3.63) is 53.1 Å². The minimum absolute atomic E-state index is 0.114. The van der Waals surface area contributed by atoms with Crippen LogP contribution in [0.1, 0.15) is 51.3 Å². The molecule has 0 aliphatic rings. The van der Waals surface area contributed by atoms with Crippen molar-refractivity contribution in [1.29, 1.82) is 0 Å². The van der Waals surface area contributed by atoms with Crippen molar-refractivity contribution in [3.8, 4) is 17.2 Å². The first-order valence-electron chi connectivity index (χ1n) is 10.6. The van der Waals surface area contributed by atoms with E-state index in [-0.39, 0.29) is 11.6 Å². The summed E-state index contributed by atoms with van der Waals surface area (Å²) in [4.78, 5) is 0. The Morgan fingerprint density at radius 3 is 1.74 bits per heavy atom. The molecule has 2 aromatic carbocycles. The topological polar surface area (TPSA) is 57.2 Å². The highest BCUT2D eigenvalue weighted by atomic mass is 28.4. The Morgan fingerprint density at radius 1 is 0.806 bits per heavy atom. The van der Waals surface area contributed by atoms with Crippen LogP contribution in [0, 0.1) is 0 Å². The fraction of sp³-hybridized carbons (Fsp3) is 0.520. The molecule has 0 unspecified atom stereocenters. The largest absolute Gasteiger partial charge is 0.493 e. The van der Waals surface area contributed by atoms with Crippen LogP contribution in [0.2, 0.25) is 18.1 Å². The number of hydrogen-bond acceptors (Lipinski definition) is 5. The van der Waals surface area contributed by atoms with Gasteiger partial charge in [0, 0.05) is 0 Å². The van der Waals surface area contributed by atoms with E-state index in [1.807, 2.05) is 36.4 Å². The van der Waals surface area contributed by atoms with E-state index in [9.17, 15) is 5.11 Å². The zero-order valence-corrected chi connectivity index (χ0v) is 21.5. The number of ether oxygens (including phenoxy) is 3. The van der Waals surface area contributed by atoms with E-state index in [1.54, 1.807) is 28.1 Å². The number of methoxy groups -OCH3 is 2. The Balaban J connectivity index is 2.37. The average molecular weight is 447 g/mol. The highest BCUT2D eigenvalue weighted by Gasteiger charge is 2.37. The van der Waals surface area contributed by atoms with E-state index in [2.05, 4.69) is 33.9 Å². The van der Waals surface area contributed by atoms with Crippen molar-refractivity contribution in [3.63, 3.8) is 0 Å². The molecular formula is C25H38O5Si. The van der Waals surface area contributed by atoms with Gasteiger partial charge in [0.15, 0.2) is 19.8 Å². The normalized spacial score (nSPS) is 12.6. The predicted octanol–water partition coefficient (Wildman–Crippen LogP) is 6.03. The molecule has 5 nitrogen and oxygen atoms in total. The minimum atomic E-state index is -1.93. The molecule has 0 saturated carbocycles. The van der Waals surface area contributed by atoms with Gasteiger partial charge in [0.25, 0.3) is 0 Å². The lowest BCUT2D eigenvalue weighted by atomic mass is 9.89. The summed E-state index contributed by atoms with van der Waals surface area (Å²) in [6.45, 7) is 15.5. The van der Waals surface area contributed by atoms with Gasteiger partial charge in [0.1, 0.15) is 6.61 Å². The zero-order chi connectivity index (χ0) is 23.4. The van der Waals surface area contributed by atoms with Gasteiger partial charge in [0.2, 0.25) is 5.75 Å². The van der Waals surface area contributed by atoms with E-state index in [0.29, 0.717) is 23.9 Å². The monoisotopic (exact) mass is 446 g/mol. The summed E-state index contributed by atoms with van der Waals surface area (Å²) in [5, 5.41) is 11.1. The summed E-state index contributed by atoms with van der Waals surface area (Å²) in [5.74, 6) is 1.74. The minimum Gasteiger partial charge on any atom is -0.493 e. The lowest BCUT2D eigenvalue weighted by Crippen LogP contribution is -2.40. The smallest absolute Gasteiger partial charge is 0.203 e. The van der Waals surface area contributed by atoms with Crippen LogP contribution < -0.4 is 14.2 Å². The Morgan fingerprint density at radius 2 is 1.29 bits per heavy atom. The van der Waals surface area contributed by atoms with Gasteiger partial charge in [-0.25, -0.2) is 0 Å². The molecule has 2 aromatic rings. The lowest BCUT2D eigenvalue weighted by Gasteiger charge is -2.37. The van der Waals surface area contributed by atoms with E-state index >= 15 is 0 Å². The molecule has 2 rings (SSSR count). The van der Waals surface area contributed by atoms with Crippen LogP contribution in [0.5, 0.6) is 17.2 Å². The molecule has 31 heavy (non-hydrogen) atoms. The molecule has 0 atom stereocenters. The van der Waals surface area contributed by atoms with Crippen molar-refractivity contribution in [1.82, 2.24) is 0 Å². The quantitative estimate of drug-likeness (QED) is 0.477. The number of rotatable bonds is 9. The molecule has 0 saturated heterocycles. The van der Waals surface area contributed by atoms with Crippen molar-refractivity contribution in [2.24, 2.45) is 0 Å². The molecule has 172 valence electrons. The summed E-state index contributed by atoms with van der Waals surface area (Å²) in [6, 6.07) is 11.5. The van der Waals surface area contributed by atoms with Gasteiger partial charge < -0.3 is 23.7 Å². The fourth-order valence-electron chi connectivity index (χ4n) is 3.26. The number of benzene rings is 2. The molecule has 0 heterocycles. The predicted molar refractivity (Wildman–Crippen MR) is 128 cm³/mol. The molecule has 1 N–H and O–H groups in total. The first kappa shape index (κ1) is 25.2. The van der Waals surface area contributed by atoms with Crippen LogP contribution >= 0.6 is 0 Å². The van der Waals surface area contributed by atoms with Gasteiger partial charge in [-0.05, 0) is 60.8 Å². The van der Waals surface area contributed by atoms with Crippen LogP contribution in [0.25, 0.3) is 0 Å². The SMILES string of the molecule is COc1cccc(OC)c1OCc1cccc(CO[Si](C)(C)C(C)(C)C)c1C(C)(C)O. The average Bonchev–Trinajstić information content (AvgIpc) is 2.68. The molecule has 0 spiro atoms. The zero-order valence-electron chi connectivity index (χ0n) is 20.5. The summed E-state index contributed by atoms with van der Waals surface area (Å²) in [5.41, 5.74) is 1.67. The van der Waals surface area contributed by atoms with Crippen LogP contribution in [0.4, 0.5) is 0 Å². The molecule has 6 heteroatoms. The molecule has 0 aromatic heterocycles. The lowest BCUT2D eigenvalue weighted by molar-refractivity contribution is 0.0737. The summed E-state index contributed by atoms with van der Waals surface area (Å²) < 4.78 is 23.5. The molecule has 0 bridgehead atoms. The Labute approximate surface area is 188 Å².